The molecule has 1 aliphatic heterocycles. The van der Waals surface area contributed by atoms with E-state index in [2.05, 4.69) is 30.1 Å². The summed E-state index contributed by atoms with van der Waals surface area (Å²) in [7, 11) is 2.47. The number of fused-ring (bicyclic) bond motifs is 1. The molecule has 1 saturated heterocycles. The van der Waals surface area contributed by atoms with Gasteiger partial charge in [-0.1, -0.05) is 11.4 Å². The molecule has 0 aliphatic carbocycles. The van der Waals surface area contributed by atoms with Crippen molar-refractivity contribution < 1.29 is 57.4 Å². The molecule has 0 aromatic carbocycles. The maximum atomic E-state index is 14.2. The highest BCUT2D eigenvalue weighted by Gasteiger charge is 2.54. The SMILES string of the molecule is COC(=O)N[C@@H](CSP(=O)(N[C@@H](C)C(=O)OC(C)C)OC[C@H]1O[C@@H](n2cnc3c(OC)nc(N)nc32)[C@](C)(O)[C@@H]1O)C(=O)OC(C)C. The fourth-order valence-electron chi connectivity index (χ4n) is 4.36. The zero-order valence-corrected chi connectivity index (χ0v) is 28.9. The molecule has 2 aromatic rings. The van der Waals surface area contributed by atoms with Crippen LogP contribution in [0.25, 0.3) is 11.2 Å². The highest BCUT2D eigenvalue weighted by molar-refractivity contribution is 8.56. The highest BCUT2D eigenvalue weighted by atomic mass is 32.7. The minimum atomic E-state index is -4.19. The van der Waals surface area contributed by atoms with E-state index in [9.17, 15) is 29.2 Å². The molecule has 47 heavy (non-hydrogen) atoms. The Morgan fingerprint density at radius 2 is 1.79 bits per heavy atom. The summed E-state index contributed by atoms with van der Waals surface area (Å²) in [6.07, 6.45) is -4.80. The molecule has 0 spiro atoms. The van der Waals surface area contributed by atoms with Crippen molar-refractivity contribution in [3.05, 3.63) is 6.33 Å². The van der Waals surface area contributed by atoms with E-state index in [1.165, 1.54) is 31.9 Å². The quantitative estimate of drug-likeness (QED) is 0.0978. The van der Waals surface area contributed by atoms with E-state index in [1.807, 2.05) is 0 Å². The number of rotatable bonds is 15. The molecule has 0 bridgehead atoms. The predicted octanol–water partition coefficient (Wildman–Crippen LogP) is 0.890. The molecule has 264 valence electrons. The zero-order chi connectivity index (χ0) is 35.3. The van der Waals surface area contributed by atoms with Gasteiger partial charge in [0, 0.05) is 5.75 Å². The Kier molecular flexibility index (Phi) is 12.8. The van der Waals surface area contributed by atoms with Gasteiger partial charge in [0.05, 0.1) is 39.4 Å². The number of esters is 2. The lowest BCUT2D eigenvalue weighted by Gasteiger charge is -2.27. The van der Waals surface area contributed by atoms with Crippen molar-refractivity contribution in [1.29, 1.82) is 0 Å². The number of nitrogens with zero attached hydrogens (tertiary/aromatic N) is 4. The Bertz CT molecular complexity index is 1480. The number of hydrogen-bond donors (Lipinski definition) is 5. The number of ether oxygens (including phenoxy) is 5. The number of aromatic nitrogens is 4. The standard InChI is InChI=1S/C26H42N7O12PS/c1-12(2)43-21(35)14(5)32-46(39,47-10-15(29-25(37)41-8)22(36)44-13(3)4)42-9-16-18(34)26(6,38)23(45-16)33-11-28-17-19(33)30-24(27)31-20(17)40-7/h11-16,18,23,34,38H,9-10H2,1-8H3,(H,29,37)(H,32,39)(H2,27,30,31)/t14-,15-,16+,18+,23+,26+,46?/m0/s1. The number of alkyl carbamates (subject to hydrolysis) is 1. The third kappa shape index (κ3) is 9.43. The van der Waals surface area contributed by atoms with Crippen LogP contribution in [0.3, 0.4) is 0 Å². The summed E-state index contributed by atoms with van der Waals surface area (Å²) in [4.78, 5) is 49.6. The number of nitrogen functional groups attached to an aromatic ring is 1. The number of methoxy groups -OCH3 is 2. The summed E-state index contributed by atoms with van der Waals surface area (Å²) in [5, 5.41) is 27.4. The number of aliphatic hydroxyl groups excluding tert-OH is 1. The number of aliphatic hydroxyl groups is 2. The van der Waals surface area contributed by atoms with Crippen molar-refractivity contribution in [2.75, 3.05) is 32.3 Å². The second-order valence-electron chi connectivity index (χ2n) is 11.2. The molecule has 7 atom stereocenters. The zero-order valence-electron chi connectivity index (χ0n) is 27.2. The molecule has 19 nitrogen and oxygen atoms in total. The van der Waals surface area contributed by atoms with Gasteiger partial charge in [0.1, 0.15) is 29.9 Å². The topological polar surface area (TPSA) is 258 Å². The molecule has 1 unspecified atom stereocenters. The predicted molar refractivity (Wildman–Crippen MR) is 167 cm³/mol. The first-order valence-electron chi connectivity index (χ1n) is 14.4. The number of carbonyl (C=O) groups is 3. The van der Waals surface area contributed by atoms with E-state index >= 15 is 0 Å². The largest absolute Gasteiger partial charge is 0.479 e. The van der Waals surface area contributed by atoms with Gasteiger partial charge in [-0.3, -0.25) is 13.9 Å². The Morgan fingerprint density at radius 1 is 1.15 bits per heavy atom. The number of nitrogens with one attached hydrogen (secondary N) is 2. The molecule has 0 saturated carbocycles. The molecule has 2 aromatic heterocycles. The Labute approximate surface area is 274 Å². The smallest absolute Gasteiger partial charge is 0.407 e. The molecule has 1 amide bonds. The summed E-state index contributed by atoms with van der Waals surface area (Å²) >= 11 is 0.579. The maximum Gasteiger partial charge on any atom is 0.407 e. The van der Waals surface area contributed by atoms with Gasteiger partial charge in [-0.15, -0.1) is 0 Å². The van der Waals surface area contributed by atoms with Crippen LogP contribution in [0.2, 0.25) is 0 Å². The van der Waals surface area contributed by atoms with E-state index in [0.717, 1.165) is 7.11 Å². The molecule has 21 heteroatoms. The number of anilines is 1. The normalized spacial score (nSPS) is 23.7. The molecular formula is C26H42N7O12PS. The van der Waals surface area contributed by atoms with E-state index < -0.39 is 79.7 Å². The van der Waals surface area contributed by atoms with Crippen LogP contribution >= 0.6 is 18.1 Å². The lowest BCUT2D eigenvalue weighted by molar-refractivity contribution is -0.150. The van der Waals surface area contributed by atoms with Gasteiger partial charge in [-0.05, 0) is 41.5 Å². The van der Waals surface area contributed by atoms with Crippen molar-refractivity contribution >= 4 is 53.2 Å². The average molecular weight is 708 g/mol. The van der Waals surface area contributed by atoms with Crippen molar-refractivity contribution in [3.63, 3.8) is 0 Å². The molecule has 6 N–H and O–H groups in total. The average Bonchev–Trinajstić information content (AvgIpc) is 3.49. The fraction of sp³-hybridized carbons (Fsp3) is 0.692. The van der Waals surface area contributed by atoms with Crippen LogP contribution in [-0.2, 0) is 37.6 Å². The fourth-order valence-corrected chi connectivity index (χ4v) is 8.21. The molecule has 3 rings (SSSR count). The van der Waals surface area contributed by atoms with Gasteiger partial charge in [0.2, 0.25) is 11.8 Å². The van der Waals surface area contributed by atoms with Gasteiger partial charge in [0.25, 0.3) is 0 Å². The molecule has 1 fully saturated rings. The van der Waals surface area contributed by atoms with Crippen molar-refractivity contribution in [2.24, 2.45) is 0 Å². The Balaban J connectivity index is 1.86. The first-order valence-corrected chi connectivity index (χ1v) is 17.7. The van der Waals surface area contributed by atoms with Crippen LogP contribution < -0.4 is 20.9 Å². The van der Waals surface area contributed by atoms with E-state index in [0.29, 0.717) is 11.4 Å². The van der Waals surface area contributed by atoms with Gasteiger partial charge in [-0.2, -0.15) is 9.97 Å². The van der Waals surface area contributed by atoms with Gasteiger partial charge in [0.15, 0.2) is 17.4 Å². The Hall–Kier alpha value is -3.26. The second kappa shape index (κ2) is 15.8. The van der Waals surface area contributed by atoms with Crippen molar-refractivity contribution in [1.82, 2.24) is 29.9 Å². The van der Waals surface area contributed by atoms with E-state index in [1.54, 1.807) is 27.7 Å². The molecule has 0 radical (unpaired) electrons. The van der Waals surface area contributed by atoms with Crippen LogP contribution in [0.15, 0.2) is 6.33 Å². The number of hydrogen-bond acceptors (Lipinski definition) is 17. The third-order valence-electron chi connectivity index (χ3n) is 6.60. The summed E-state index contributed by atoms with van der Waals surface area (Å²) in [6, 6.07) is -2.49. The monoisotopic (exact) mass is 707 g/mol. The first kappa shape index (κ1) is 38.2. The molecular weight excluding hydrogens is 665 g/mol. The number of imidazole rings is 1. The first-order chi connectivity index (χ1) is 21.9. The van der Waals surface area contributed by atoms with Crippen LogP contribution in [0.5, 0.6) is 5.88 Å². The maximum absolute atomic E-state index is 14.2. The number of carbonyl (C=O) groups excluding carboxylic acids is 3. The van der Waals surface area contributed by atoms with Crippen molar-refractivity contribution in [2.45, 2.75) is 89.9 Å². The highest BCUT2D eigenvalue weighted by Crippen LogP contribution is 2.57. The van der Waals surface area contributed by atoms with Crippen LogP contribution in [0.4, 0.5) is 10.7 Å². The molecule has 1 aliphatic rings. The van der Waals surface area contributed by atoms with Crippen LogP contribution in [0.1, 0.15) is 47.8 Å². The molecule has 3 heterocycles. The summed E-state index contributed by atoms with van der Waals surface area (Å²) in [5.74, 6) is -1.98. The second-order valence-corrected chi connectivity index (χ2v) is 15.5. The van der Waals surface area contributed by atoms with Gasteiger partial charge < -0.3 is 49.5 Å². The van der Waals surface area contributed by atoms with Gasteiger partial charge >= 0.3 is 24.8 Å². The van der Waals surface area contributed by atoms with Crippen LogP contribution in [0, 0.1) is 0 Å². The van der Waals surface area contributed by atoms with E-state index in [4.69, 9.17) is 29.2 Å². The van der Waals surface area contributed by atoms with Crippen LogP contribution in [-0.4, -0.2) is 116 Å². The summed E-state index contributed by atoms with van der Waals surface area (Å²) < 4.78 is 47.5. The minimum absolute atomic E-state index is 0.0794. The van der Waals surface area contributed by atoms with Crippen molar-refractivity contribution in [3.8, 4) is 5.88 Å². The lowest BCUT2D eigenvalue weighted by Crippen LogP contribution is -2.45. The summed E-state index contributed by atoms with van der Waals surface area (Å²) in [5.41, 5.74) is 4.22. The Morgan fingerprint density at radius 3 is 2.38 bits per heavy atom. The van der Waals surface area contributed by atoms with E-state index in [-0.39, 0.29) is 28.7 Å². The minimum Gasteiger partial charge on any atom is -0.479 e. The van der Waals surface area contributed by atoms with Gasteiger partial charge in [-0.25, -0.2) is 19.7 Å². The number of amides is 1. The lowest BCUT2D eigenvalue weighted by atomic mass is 9.96. The summed E-state index contributed by atoms with van der Waals surface area (Å²) in [6.45, 7) is 4.44. The third-order valence-corrected chi connectivity index (χ3v) is 10.7. The number of nitrogens with two attached hydrogens (primary N) is 1.